The smallest absolute Gasteiger partial charge is 0.231 e. The van der Waals surface area contributed by atoms with Crippen LogP contribution in [0.25, 0.3) is 10.7 Å². The van der Waals surface area contributed by atoms with Gasteiger partial charge in [-0.3, -0.25) is 4.79 Å². The van der Waals surface area contributed by atoms with Crippen LogP contribution < -0.4 is 5.32 Å². The van der Waals surface area contributed by atoms with Gasteiger partial charge < -0.3 is 9.84 Å². The van der Waals surface area contributed by atoms with Crippen LogP contribution in [0.15, 0.2) is 63.8 Å². The van der Waals surface area contributed by atoms with Gasteiger partial charge in [0.15, 0.2) is 0 Å². The van der Waals surface area contributed by atoms with Crippen molar-refractivity contribution >= 4 is 34.3 Å². The third kappa shape index (κ3) is 3.89. The van der Waals surface area contributed by atoms with Crippen LogP contribution in [-0.4, -0.2) is 16.0 Å². The average molecular weight is 381 g/mol. The fraction of sp³-hybridized carbons (Fsp3) is 0.105. The molecule has 0 spiro atoms. The molecule has 0 atom stereocenters. The highest BCUT2D eigenvalue weighted by Crippen LogP contribution is 2.24. The third-order valence-corrected chi connectivity index (χ3v) is 5.50. The fourth-order valence-corrected chi connectivity index (χ4v) is 3.91. The van der Waals surface area contributed by atoms with Crippen molar-refractivity contribution in [1.82, 2.24) is 10.1 Å². The zero-order chi connectivity index (χ0) is 17.8. The van der Waals surface area contributed by atoms with E-state index in [0.29, 0.717) is 24.6 Å². The first kappa shape index (κ1) is 16.7. The van der Waals surface area contributed by atoms with Crippen LogP contribution in [0.5, 0.6) is 0 Å². The minimum atomic E-state index is -0.0373. The van der Waals surface area contributed by atoms with E-state index in [0.717, 1.165) is 21.0 Å². The number of para-hydroxylation sites is 1. The van der Waals surface area contributed by atoms with E-state index in [2.05, 4.69) is 15.5 Å². The van der Waals surface area contributed by atoms with Crippen molar-refractivity contribution in [1.29, 1.82) is 0 Å². The summed E-state index contributed by atoms with van der Waals surface area (Å²) in [7, 11) is 0. The predicted molar refractivity (Wildman–Crippen MR) is 104 cm³/mol. The molecule has 0 fully saturated rings. The van der Waals surface area contributed by atoms with Crippen molar-refractivity contribution in [2.75, 3.05) is 5.32 Å². The van der Waals surface area contributed by atoms with E-state index >= 15 is 0 Å². The van der Waals surface area contributed by atoms with Crippen molar-refractivity contribution in [2.24, 2.45) is 0 Å². The maximum absolute atomic E-state index is 12.3. The van der Waals surface area contributed by atoms with E-state index in [1.54, 1.807) is 22.7 Å². The second-order valence-corrected chi connectivity index (χ2v) is 7.61. The molecule has 0 aliphatic carbocycles. The molecule has 1 aromatic carbocycles. The van der Waals surface area contributed by atoms with Crippen LogP contribution in [0.1, 0.15) is 16.3 Å². The molecule has 0 saturated carbocycles. The predicted octanol–water partition coefficient (Wildman–Crippen LogP) is 4.63. The van der Waals surface area contributed by atoms with Gasteiger partial charge in [-0.15, -0.1) is 22.7 Å². The van der Waals surface area contributed by atoms with Crippen molar-refractivity contribution in [3.05, 3.63) is 75.6 Å². The van der Waals surface area contributed by atoms with Crippen LogP contribution in [0.4, 0.5) is 5.69 Å². The number of nitrogens with one attached hydrogen (secondary N) is 1. The van der Waals surface area contributed by atoms with Crippen LogP contribution >= 0.6 is 22.7 Å². The van der Waals surface area contributed by atoms with E-state index in [1.165, 1.54) is 0 Å². The number of hydrogen-bond donors (Lipinski definition) is 1. The Morgan fingerprint density at radius 2 is 1.88 bits per heavy atom. The van der Waals surface area contributed by atoms with Crippen molar-refractivity contribution in [3.8, 4) is 10.7 Å². The van der Waals surface area contributed by atoms with E-state index in [9.17, 15) is 4.79 Å². The summed E-state index contributed by atoms with van der Waals surface area (Å²) in [4.78, 5) is 18.7. The molecule has 0 unspecified atom stereocenters. The topological polar surface area (TPSA) is 68.0 Å². The maximum Gasteiger partial charge on any atom is 0.231 e. The number of benzene rings is 1. The zero-order valence-electron chi connectivity index (χ0n) is 13.7. The summed E-state index contributed by atoms with van der Waals surface area (Å²) in [5, 5.41) is 11.0. The lowest BCUT2D eigenvalue weighted by atomic mass is 10.1. The number of amides is 1. The number of nitrogens with zero attached hydrogens (tertiary/aromatic N) is 2. The lowest BCUT2D eigenvalue weighted by Gasteiger charge is -2.09. The zero-order valence-corrected chi connectivity index (χ0v) is 15.3. The van der Waals surface area contributed by atoms with Crippen molar-refractivity contribution < 1.29 is 9.32 Å². The van der Waals surface area contributed by atoms with Crippen LogP contribution in [-0.2, 0) is 17.6 Å². The summed E-state index contributed by atoms with van der Waals surface area (Å²) in [5.74, 6) is 1.08. The Hall–Kier alpha value is -2.77. The average Bonchev–Trinajstić information content (AvgIpc) is 3.38. The molecule has 5 nitrogen and oxygen atoms in total. The summed E-state index contributed by atoms with van der Waals surface area (Å²) < 4.78 is 5.37. The van der Waals surface area contributed by atoms with Gasteiger partial charge in [-0.05, 0) is 34.5 Å². The molecule has 1 amide bonds. The normalized spacial score (nSPS) is 10.8. The van der Waals surface area contributed by atoms with Crippen LogP contribution in [0.3, 0.4) is 0 Å². The highest BCUT2D eigenvalue weighted by atomic mass is 32.1. The van der Waals surface area contributed by atoms with E-state index < -0.39 is 0 Å². The Morgan fingerprint density at radius 3 is 2.69 bits per heavy atom. The fourth-order valence-electron chi connectivity index (χ4n) is 2.56. The Bertz CT molecular complexity index is 992. The van der Waals surface area contributed by atoms with E-state index in [1.807, 2.05) is 59.3 Å². The second-order valence-electron chi connectivity index (χ2n) is 5.63. The molecule has 26 heavy (non-hydrogen) atoms. The lowest BCUT2D eigenvalue weighted by molar-refractivity contribution is -0.115. The Balaban J connectivity index is 1.48. The molecule has 4 rings (SSSR count). The number of carbonyl (C=O) groups excluding carboxylic acids is 1. The molecule has 3 heterocycles. The molecule has 1 N–H and O–H groups in total. The highest BCUT2D eigenvalue weighted by molar-refractivity contribution is 7.13. The van der Waals surface area contributed by atoms with Gasteiger partial charge in [0.25, 0.3) is 0 Å². The Morgan fingerprint density at radius 1 is 1.04 bits per heavy atom. The van der Waals surface area contributed by atoms with Gasteiger partial charge in [-0.2, -0.15) is 4.98 Å². The van der Waals surface area contributed by atoms with Crippen molar-refractivity contribution in [2.45, 2.75) is 12.8 Å². The number of thiophene rings is 2. The van der Waals surface area contributed by atoms with Gasteiger partial charge in [0, 0.05) is 10.6 Å². The van der Waals surface area contributed by atoms with Crippen molar-refractivity contribution in [3.63, 3.8) is 0 Å². The molecule has 0 aliphatic rings. The summed E-state index contributed by atoms with van der Waals surface area (Å²) in [6, 6.07) is 15.5. The standard InChI is InChI=1S/C19H15N3O2S2/c23-17(12-14-6-3-9-25-14)20-15-7-2-1-5-13(15)11-18-21-19(22-24-18)16-8-4-10-26-16/h1-10H,11-12H2,(H,20,23). The summed E-state index contributed by atoms with van der Waals surface area (Å²) >= 11 is 3.14. The van der Waals surface area contributed by atoms with Gasteiger partial charge in [0.1, 0.15) is 0 Å². The summed E-state index contributed by atoms with van der Waals surface area (Å²) in [5.41, 5.74) is 1.71. The maximum atomic E-state index is 12.3. The SMILES string of the molecule is O=C(Cc1cccs1)Nc1ccccc1Cc1nc(-c2cccs2)no1. The largest absolute Gasteiger partial charge is 0.339 e. The monoisotopic (exact) mass is 381 g/mol. The number of rotatable bonds is 6. The first-order valence-electron chi connectivity index (χ1n) is 8.04. The molecule has 7 heteroatoms. The number of aromatic nitrogens is 2. The van der Waals surface area contributed by atoms with Gasteiger partial charge in [0.05, 0.1) is 17.7 Å². The first-order valence-corrected chi connectivity index (χ1v) is 9.80. The molecular weight excluding hydrogens is 366 g/mol. The first-order chi connectivity index (χ1) is 12.8. The summed E-state index contributed by atoms with van der Waals surface area (Å²) in [6.07, 6.45) is 0.836. The number of hydrogen-bond acceptors (Lipinski definition) is 6. The Kier molecular flexibility index (Phi) is 4.90. The summed E-state index contributed by atoms with van der Waals surface area (Å²) in [6.45, 7) is 0. The minimum absolute atomic E-state index is 0.0373. The number of anilines is 1. The minimum Gasteiger partial charge on any atom is -0.339 e. The molecule has 4 aromatic rings. The molecular formula is C19H15N3O2S2. The quantitative estimate of drug-likeness (QED) is 0.529. The van der Waals surface area contributed by atoms with Gasteiger partial charge in [-0.1, -0.05) is 35.5 Å². The second kappa shape index (κ2) is 7.63. The lowest BCUT2D eigenvalue weighted by Crippen LogP contribution is -2.15. The van der Waals surface area contributed by atoms with Gasteiger partial charge in [-0.25, -0.2) is 0 Å². The molecule has 130 valence electrons. The highest BCUT2D eigenvalue weighted by Gasteiger charge is 2.13. The molecule has 0 bridgehead atoms. The van der Waals surface area contributed by atoms with E-state index in [4.69, 9.17) is 4.52 Å². The molecule has 0 aliphatic heterocycles. The van der Waals surface area contributed by atoms with Gasteiger partial charge >= 0.3 is 0 Å². The molecule has 0 radical (unpaired) electrons. The third-order valence-electron chi connectivity index (χ3n) is 3.76. The number of carbonyl (C=O) groups is 1. The van der Waals surface area contributed by atoms with Crippen LogP contribution in [0.2, 0.25) is 0 Å². The Labute approximate surface area is 158 Å². The van der Waals surface area contributed by atoms with Gasteiger partial charge in [0.2, 0.25) is 17.6 Å². The molecule has 3 aromatic heterocycles. The van der Waals surface area contributed by atoms with E-state index in [-0.39, 0.29) is 5.91 Å². The molecule has 0 saturated heterocycles. The van der Waals surface area contributed by atoms with Crippen LogP contribution in [0, 0.1) is 0 Å².